The van der Waals surface area contributed by atoms with E-state index in [0.29, 0.717) is 15.5 Å². The van der Waals surface area contributed by atoms with Crippen molar-refractivity contribution in [3.05, 3.63) is 64.7 Å². The van der Waals surface area contributed by atoms with E-state index < -0.39 is 10.8 Å². The smallest absolute Gasteiger partial charge is 0.227 e. The average molecular weight is 293 g/mol. The van der Waals surface area contributed by atoms with Gasteiger partial charge in [-0.2, -0.15) is 0 Å². The second-order valence-corrected chi connectivity index (χ2v) is 6.21. The number of thioether (sulfide) groups is 1. The normalized spacial score (nSPS) is 21.5. The Labute approximate surface area is 119 Å². The van der Waals surface area contributed by atoms with Crippen molar-refractivity contribution in [1.82, 2.24) is 0 Å². The molecule has 1 unspecified atom stereocenters. The van der Waals surface area contributed by atoms with Gasteiger partial charge in [0, 0.05) is 21.9 Å². The summed E-state index contributed by atoms with van der Waals surface area (Å²) in [5.74, 6) is -0.442. The molecule has 1 aliphatic rings. The van der Waals surface area contributed by atoms with E-state index in [9.17, 15) is 9.18 Å². The minimum Gasteiger partial charge on any atom is -0.289 e. The Hall–Kier alpha value is -1.32. The number of Topliss-reactive ketones (excluding diaryl/α,β-unsaturated/α-hetero) is 1. The molecule has 0 aromatic heterocycles. The molecule has 19 heavy (non-hydrogen) atoms. The van der Waals surface area contributed by atoms with Gasteiger partial charge in [0.2, 0.25) is 10.8 Å². The van der Waals surface area contributed by atoms with Gasteiger partial charge in [0.1, 0.15) is 0 Å². The number of carbonyl (C=O) groups is 1. The monoisotopic (exact) mass is 292 g/mol. The highest BCUT2D eigenvalue weighted by atomic mass is 35.5. The minimum atomic E-state index is -1.91. The van der Waals surface area contributed by atoms with Crippen LogP contribution in [0.1, 0.15) is 15.9 Å². The number of benzene rings is 2. The molecule has 0 radical (unpaired) electrons. The van der Waals surface area contributed by atoms with Crippen LogP contribution in [0.4, 0.5) is 4.39 Å². The molecule has 0 saturated carbocycles. The van der Waals surface area contributed by atoms with E-state index in [1.807, 2.05) is 6.07 Å². The molecule has 1 nitrogen and oxygen atoms in total. The molecule has 0 spiro atoms. The summed E-state index contributed by atoms with van der Waals surface area (Å²) in [5, 5.41) is -1.31. The lowest BCUT2D eigenvalue weighted by Gasteiger charge is -2.16. The van der Waals surface area contributed by atoms with Crippen LogP contribution in [-0.4, -0.2) is 10.8 Å². The molecule has 0 fully saturated rings. The standard InChI is InChI=1S/C15H10ClFOS/c16-11-5-7-12(8-6-11)19-15(17)9-10-3-1-2-4-13(10)14(15)18/h1-8H,9H2. The number of fused-ring (bicyclic) bond motifs is 1. The van der Waals surface area contributed by atoms with Crippen LogP contribution in [0.25, 0.3) is 0 Å². The largest absolute Gasteiger partial charge is 0.289 e. The van der Waals surface area contributed by atoms with Crippen LogP contribution in [0.3, 0.4) is 0 Å². The second kappa shape index (κ2) is 4.66. The van der Waals surface area contributed by atoms with Gasteiger partial charge in [0.25, 0.3) is 0 Å². The van der Waals surface area contributed by atoms with Gasteiger partial charge in [-0.3, -0.25) is 4.79 Å². The van der Waals surface area contributed by atoms with E-state index in [1.54, 1.807) is 42.5 Å². The highest BCUT2D eigenvalue weighted by Gasteiger charge is 2.46. The first kappa shape index (κ1) is 12.7. The zero-order valence-corrected chi connectivity index (χ0v) is 11.5. The molecular weight excluding hydrogens is 283 g/mol. The quantitative estimate of drug-likeness (QED) is 0.808. The van der Waals surface area contributed by atoms with Crippen molar-refractivity contribution in [2.75, 3.05) is 0 Å². The fourth-order valence-corrected chi connectivity index (χ4v) is 3.40. The van der Waals surface area contributed by atoms with E-state index >= 15 is 0 Å². The van der Waals surface area contributed by atoms with Crippen molar-refractivity contribution in [1.29, 1.82) is 0 Å². The predicted molar refractivity (Wildman–Crippen MR) is 75.6 cm³/mol. The molecule has 1 atom stereocenters. The van der Waals surface area contributed by atoms with Crippen molar-refractivity contribution in [2.24, 2.45) is 0 Å². The molecular formula is C15H10ClFOS. The van der Waals surface area contributed by atoms with Crippen LogP contribution in [0.5, 0.6) is 0 Å². The molecule has 96 valence electrons. The summed E-state index contributed by atoms with van der Waals surface area (Å²) < 4.78 is 14.9. The third-order valence-corrected chi connectivity index (χ3v) is 4.53. The van der Waals surface area contributed by atoms with Crippen molar-refractivity contribution in [3.63, 3.8) is 0 Å². The molecule has 1 aliphatic carbocycles. The maximum atomic E-state index is 14.9. The number of rotatable bonds is 2. The van der Waals surface area contributed by atoms with E-state index in [0.717, 1.165) is 17.3 Å². The Bertz CT molecular complexity index is 641. The van der Waals surface area contributed by atoms with Crippen molar-refractivity contribution >= 4 is 29.1 Å². The first-order chi connectivity index (χ1) is 9.08. The van der Waals surface area contributed by atoms with Gasteiger partial charge < -0.3 is 0 Å². The van der Waals surface area contributed by atoms with Gasteiger partial charge in [-0.05, 0) is 29.8 Å². The topological polar surface area (TPSA) is 17.1 Å². The van der Waals surface area contributed by atoms with Gasteiger partial charge >= 0.3 is 0 Å². The fraction of sp³-hybridized carbons (Fsp3) is 0.133. The predicted octanol–water partition coefficient (Wildman–Crippen LogP) is 4.54. The van der Waals surface area contributed by atoms with Gasteiger partial charge in [-0.25, -0.2) is 4.39 Å². The van der Waals surface area contributed by atoms with Crippen LogP contribution >= 0.6 is 23.4 Å². The molecule has 0 heterocycles. The summed E-state index contributed by atoms with van der Waals surface area (Å²) in [5.41, 5.74) is 1.27. The lowest BCUT2D eigenvalue weighted by atomic mass is 10.1. The van der Waals surface area contributed by atoms with Crippen LogP contribution in [0.2, 0.25) is 5.02 Å². The summed E-state index contributed by atoms with van der Waals surface area (Å²) in [6.07, 6.45) is 0.120. The first-order valence-electron chi connectivity index (χ1n) is 5.85. The summed E-state index contributed by atoms with van der Waals surface area (Å²) in [6.45, 7) is 0. The van der Waals surface area contributed by atoms with E-state index in [2.05, 4.69) is 0 Å². The molecule has 0 N–H and O–H groups in total. The van der Waals surface area contributed by atoms with Gasteiger partial charge in [-0.1, -0.05) is 47.6 Å². The third kappa shape index (κ3) is 2.28. The molecule has 0 aliphatic heterocycles. The number of halogens is 2. The number of carbonyl (C=O) groups excluding carboxylic acids is 1. The fourth-order valence-electron chi connectivity index (χ4n) is 2.19. The zero-order chi connectivity index (χ0) is 13.5. The maximum Gasteiger partial charge on any atom is 0.227 e. The molecule has 3 rings (SSSR count). The molecule has 4 heteroatoms. The SMILES string of the molecule is O=C1c2ccccc2CC1(F)Sc1ccc(Cl)cc1. The summed E-state index contributed by atoms with van der Waals surface area (Å²) in [7, 11) is 0. The molecule has 2 aromatic rings. The van der Waals surface area contributed by atoms with Crippen LogP contribution in [0, 0.1) is 0 Å². The van der Waals surface area contributed by atoms with Crippen LogP contribution in [0.15, 0.2) is 53.4 Å². The number of hydrogen-bond donors (Lipinski definition) is 0. The molecule has 0 bridgehead atoms. The molecule has 0 saturated heterocycles. The highest BCUT2D eigenvalue weighted by molar-refractivity contribution is 8.01. The Morgan fingerprint density at radius 3 is 2.47 bits per heavy atom. The minimum absolute atomic E-state index is 0.120. The lowest BCUT2D eigenvalue weighted by Crippen LogP contribution is -2.25. The summed E-state index contributed by atoms with van der Waals surface area (Å²) in [4.78, 5) is 12.9. The van der Waals surface area contributed by atoms with Gasteiger partial charge in [-0.15, -0.1) is 0 Å². The lowest BCUT2D eigenvalue weighted by molar-refractivity contribution is 0.0864. The van der Waals surface area contributed by atoms with Crippen molar-refractivity contribution in [2.45, 2.75) is 16.3 Å². The number of ketones is 1. The van der Waals surface area contributed by atoms with Crippen LogP contribution in [-0.2, 0) is 6.42 Å². The average Bonchev–Trinajstić information content (AvgIpc) is 2.65. The zero-order valence-electron chi connectivity index (χ0n) is 9.90. The van der Waals surface area contributed by atoms with Crippen LogP contribution < -0.4 is 0 Å². The Balaban J connectivity index is 1.90. The van der Waals surface area contributed by atoms with Crippen molar-refractivity contribution < 1.29 is 9.18 Å². The first-order valence-corrected chi connectivity index (χ1v) is 7.04. The Kier molecular flexibility index (Phi) is 3.11. The van der Waals surface area contributed by atoms with E-state index in [-0.39, 0.29) is 6.42 Å². The second-order valence-electron chi connectivity index (χ2n) is 4.45. The van der Waals surface area contributed by atoms with Gasteiger partial charge in [0.05, 0.1) is 0 Å². The molecule has 2 aromatic carbocycles. The summed E-state index contributed by atoms with van der Waals surface area (Å²) >= 11 is 6.75. The van der Waals surface area contributed by atoms with Crippen molar-refractivity contribution in [3.8, 4) is 0 Å². The summed E-state index contributed by atoms with van der Waals surface area (Å²) in [6, 6.07) is 13.9. The van der Waals surface area contributed by atoms with E-state index in [1.165, 1.54) is 0 Å². The maximum absolute atomic E-state index is 14.9. The Morgan fingerprint density at radius 1 is 1.11 bits per heavy atom. The van der Waals surface area contributed by atoms with Gasteiger partial charge in [0.15, 0.2) is 0 Å². The highest BCUT2D eigenvalue weighted by Crippen LogP contribution is 2.44. The van der Waals surface area contributed by atoms with E-state index in [4.69, 9.17) is 11.6 Å². The number of alkyl halides is 1. The number of hydrogen-bond acceptors (Lipinski definition) is 2. The molecule has 0 amide bonds. The third-order valence-electron chi connectivity index (χ3n) is 3.11. The Morgan fingerprint density at radius 2 is 1.79 bits per heavy atom.